The van der Waals surface area contributed by atoms with E-state index in [1.54, 1.807) is 42.6 Å². The molecule has 4 N–H and O–H groups in total. The number of nitrogens with zero attached hydrogens (tertiary/aromatic N) is 5. The molecule has 4 aliphatic rings. The molecule has 12 nitrogen and oxygen atoms in total. The molecule has 1 atom stereocenters. The molecule has 0 spiro atoms. The molecular formula is C44H50F2N8O4. The van der Waals surface area contributed by atoms with Crippen molar-refractivity contribution in [2.45, 2.75) is 107 Å². The van der Waals surface area contributed by atoms with Crippen LogP contribution in [0.25, 0.3) is 16.9 Å². The molecule has 8 rings (SSSR count). The number of amides is 3. The van der Waals surface area contributed by atoms with E-state index in [1.807, 2.05) is 12.1 Å². The Kier molecular flexibility index (Phi) is 11.6. The molecule has 0 bridgehead atoms. The maximum atomic E-state index is 15.6. The number of halogens is 2. The summed E-state index contributed by atoms with van der Waals surface area (Å²) < 4.78 is 32.5. The fourth-order valence-corrected chi connectivity index (χ4v) is 9.65. The Labute approximate surface area is 336 Å². The Bertz CT molecular complexity index is 2210. The first-order valence-electron chi connectivity index (χ1n) is 20.6. The first-order chi connectivity index (χ1) is 28.1. The maximum Gasteiger partial charge on any atom is 0.255 e. The van der Waals surface area contributed by atoms with Crippen LogP contribution in [-0.4, -0.2) is 74.4 Å². The third-order valence-electron chi connectivity index (χ3n) is 12.8. The summed E-state index contributed by atoms with van der Waals surface area (Å²) >= 11 is 0. The van der Waals surface area contributed by atoms with E-state index in [-0.39, 0.29) is 65.1 Å². The Morgan fingerprint density at radius 1 is 0.828 bits per heavy atom. The topological polar surface area (TPSA) is 156 Å². The molecule has 14 heteroatoms. The number of nitrogens with two attached hydrogens (primary N) is 1. The van der Waals surface area contributed by atoms with Gasteiger partial charge < -0.3 is 20.9 Å². The van der Waals surface area contributed by atoms with E-state index in [9.17, 15) is 19.2 Å². The van der Waals surface area contributed by atoms with E-state index in [0.29, 0.717) is 53.8 Å². The molecule has 2 aliphatic carbocycles. The molecule has 304 valence electrons. The highest BCUT2D eigenvalue weighted by atomic mass is 19.1. The summed E-state index contributed by atoms with van der Waals surface area (Å²) in [5.41, 5.74) is 8.04. The standard InChI is InChI=1S/C44H50F2N8O4/c45-36-25-30(49-38-17-18-39(55)50-43(38)58)9-16-35(36)27-19-22-52(23-20-27)31-12-14-33(15-13-31)54(32-10-7-28(8-11-32)42(47)57)44-48-26-37(46)41(51-44)29-4-3-5-34(24-29)53-21-2-1-6-40(53)56/h1-6,9,16,21,24-28,31-33,38,49H,7-8,10-15,17-20,22-23H2,(H2,47,57)(H,50,55,58). The van der Waals surface area contributed by atoms with Crippen molar-refractivity contribution in [3.05, 3.63) is 101 Å². The predicted octanol–water partition coefficient (Wildman–Crippen LogP) is 5.83. The minimum Gasteiger partial charge on any atom is -0.374 e. The van der Waals surface area contributed by atoms with Crippen LogP contribution < -0.4 is 26.8 Å². The third-order valence-corrected chi connectivity index (χ3v) is 12.8. The molecular weight excluding hydrogens is 743 g/mol. The second-order valence-corrected chi connectivity index (χ2v) is 16.3. The summed E-state index contributed by atoms with van der Waals surface area (Å²) in [4.78, 5) is 62.6. The van der Waals surface area contributed by atoms with E-state index in [0.717, 1.165) is 64.5 Å². The van der Waals surface area contributed by atoms with Crippen molar-refractivity contribution in [1.82, 2.24) is 24.8 Å². The molecule has 4 heterocycles. The Hall–Kier alpha value is -5.50. The molecule has 4 fully saturated rings. The van der Waals surface area contributed by atoms with Crippen molar-refractivity contribution in [2.75, 3.05) is 23.3 Å². The lowest BCUT2D eigenvalue weighted by molar-refractivity contribution is -0.133. The average molecular weight is 793 g/mol. The van der Waals surface area contributed by atoms with Crippen LogP contribution >= 0.6 is 0 Å². The highest BCUT2D eigenvalue weighted by Gasteiger charge is 2.38. The monoisotopic (exact) mass is 792 g/mol. The SMILES string of the molecule is NC(=O)C1CCC(N(c2ncc(F)c(-c3cccc(-n4ccccc4=O)c3)n2)C2CCC(N3CCC(c4ccc(NC5CCC(=O)NC5=O)cc4F)CC3)CC2)CC1. The number of pyridine rings is 1. The number of anilines is 2. The van der Waals surface area contributed by atoms with E-state index < -0.39 is 11.9 Å². The van der Waals surface area contributed by atoms with Crippen molar-refractivity contribution in [2.24, 2.45) is 11.7 Å². The van der Waals surface area contributed by atoms with Gasteiger partial charge in [-0.2, -0.15) is 0 Å². The van der Waals surface area contributed by atoms with E-state index in [4.69, 9.17) is 10.7 Å². The van der Waals surface area contributed by atoms with Crippen molar-refractivity contribution >= 4 is 29.4 Å². The summed E-state index contributed by atoms with van der Waals surface area (Å²) in [6.45, 7) is 1.74. The molecule has 2 saturated carbocycles. The predicted molar refractivity (Wildman–Crippen MR) is 216 cm³/mol. The third kappa shape index (κ3) is 8.52. The Morgan fingerprint density at radius 2 is 1.57 bits per heavy atom. The molecule has 2 aromatic carbocycles. The van der Waals surface area contributed by atoms with Crippen LogP contribution in [0, 0.1) is 17.6 Å². The highest BCUT2D eigenvalue weighted by molar-refractivity contribution is 6.01. The molecule has 2 aliphatic heterocycles. The van der Waals surface area contributed by atoms with Gasteiger partial charge in [-0.25, -0.2) is 18.7 Å². The second kappa shape index (κ2) is 17.2. The van der Waals surface area contributed by atoms with Crippen molar-refractivity contribution in [3.8, 4) is 16.9 Å². The highest BCUT2D eigenvalue weighted by Crippen LogP contribution is 2.39. The van der Waals surface area contributed by atoms with Crippen molar-refractivity contribution in [3.63, 3.8) is 0 Å². The van der Waals surface area contributed by atoms with Gasteiger partial charge in [-0.15, -0.1) is 0 Å². The van der Waals surface area contributed by atoms with Gasteiger partial charge in [0, 0.05) is 59.7 Å². The minimum atomic E-state index is -0.566. The number of carbonyl (C=O) groups excluding carboxylic acids is 3. The molecule has 2 saturated heterocycles. The zero-order chi connectivity index (χ0) is 40.3. The summed E-state index contributed by atoms with van der Waals surface area (Å²) in [5, 5.41) is 5.40. The van der Waals surface area contributed by atoms with Crippen LogP contribution in [0.2, 0.25) is 0 Å². The van der Waals surface area contributed by atoms with E-state index in [1.165, 1.54) is 22.9 Å². The fourth-order valence-electron chi connectivity index (χ4n) is 9.65. The minimum absolute atomic E-state index is 0.0703. The number of piperidine rings is 2. The average Bonchev–Trinajstić information content (AvgIpc) is 3.23. The van der Waals surface area contributed by atoms with Crippen LogP contribution in [0.15, 0.2) is 77.9 Å². The molecule has 4 aromatic rings. The van der Waals surface area contributed by atoms with Gasteiger partial charge in [0.1, 0.15) is 17.6 Å². The largest absolute Gasteiger partial charge is 0.374 e. The smallest absolute Gasteiger partial charge is 0.255 e. The second-order valence-electron chi connectivity index (χ2n) is 16.3. The lowest BCUT2D eigenvalue weighted by Crippen LogP contribution is -2.51. The number of rotatable bonds is 10. The molecule has 1 unspecified atom stereocenters. The molecule has 58 heavy (non-hydrogen) atoms. The molecule has 3 amide bonds. The number of nitrogens with one attached hydrogen (secondary N) is 2. The summed E-state index contributed by atoms with van der Waals surface area (Å²) in [6, 6.07) is 17.2. The number of imide groups is 1. The van der Waals surface area contributed by atoms with Crippen LogP contribution in [-0.2, 0) is 14.4 Å². The number of primary amides is 1. The van der Waals surface area contributed by atoms with Gasteiger partial charge in [0.05, 0.1) is 6.20 Å². The molecule has 0 radical (unpaired) electrons. The van der Waals surface area contributed by atoms with E-state index in [2.05, 4.69) is 25.4 Å². The van der Waals surface area contributed by atoms with Gasteiger partial charge in [-0.3, -0.25) is 29.1 Å². The molecule has 2 aromatic heterocycles. The quantitative estimate of drug-likeness (QED) is 0.168. The van der Waals surface area contributed by atoms with Gasteiger partial charge in [-0.05, 0) is 126 Å². The number of hydrogen-bond donors (Lipinski definition) is 3. The summed E-state index contributed by atoms with van der Waals surface area (Å²) in [5.74, 6) is -1.38. The first kappa shape index (κ1) is 39.3. The number of carbonyl (C=O) groups is 3. The number of hydrogen-bond acceptors (Lipinski definition) is 9. The zero-order valence-electron chi connectivity index (χ0n) is 32.5. The number of benzene rings is 2. The van der Waals surface area contributed by atoms with Gasteiger partial charge in [0.15, 0.2) is 5.82 Å². The van der Waals surface area contributed by atoms with Crippen molar-refractivity contribution in [1.29, 1.82) is 0 Å². The maximum absolute atomic E-state index is 15.6. The Morgan fingerprint density at radius 3 is 2.26 bits per heavy atom. The fraction of sp³-hybridized carbons (Fsp3) is 0.455. The lowest BCUT2D eigenvalue weighted by Gasteiger charge is -2.46. The van der Waals surface area contributed by atoms with Gasteiger partial charge in [-0.1, -0.05) is 24.3 Å². The van der Waals surface area contributed by atoms with Crippen LogP contribution in [0.4, 0.5) is 20.4 Å². The summed E-state index contributed by atoms with van der Waals surface area (Å²) in [7, 11) is 0. The number of aromatic nitrogens is 3. The first-order valence-corrected chi connectivity index (χ1v) is 20.6. The lowest BCUT2D eigenvalue weighted by atomic mass is 9.82. The number of likely N-dealkylation sites (tertiary alicyclic amines) is 1. The van der Waals surface area contributed by atoms with Gasteiger partial charge in [0.2, 0.25) is 23.7 Å². The van der Waals surface area contributed by atoms with Crippen LogP contribution in [0.5, 0.6) is 0 Å². The van der Waals surface area contributed by atoms with Crippen molar-refractivity contribution < 1.29 is 23.2 Å². The zero-order valence-corrected chi connectivity index (χ0v) is 32.5. The van der Waals surface area contributed by atoms with Crippen LogP contribution in [0.3, 0.4) is 0 Å². The van der Waals surface area contributed by atoms with Gasteiger partial charge >= 0.3 is 0 Å². The van der Waals surface area contributed by atoms with Gasteiger partial charge in [0.25, 0.3) is 5.56 Å². The summed E-state index contributed by atoms with van der Waals surface area (Å²) in [6.07, 6.45) is 11.9. The normalized spacial score (nSPS) is 24.6. The van der Waals surface area contributed by atoms with Crippen LogP contribution in [0.1, 0.15) is 88.5 Å². The Balaban J connectivity index is 0.939. The van der Waals surface area contributed by atoms with E-state index >= 15 is 8.78 Å².